The highest BCUT2D eigenvalue weighted by molar-refractivity contribution is 5.96. The average molecular weight is 293 g/mol. The lowest BCUT2D eigenvalue weighted by atomic mass is 10.1. The topological polar surface area (TPSA) is 68.0 Å². The zero-order chi connectivity index (χ0) is 15.5. The van der Waals surface area contributed by atoms with Crippen molar-refractivity contribution in [3.8, 4) is 11.3 Å². The van der Waals surface area contributed by atoms with Crippen molar-refractivity contribution < 1.29 is 9.90 Å². The van der Waals surface area contributed by atoms with E-state index in [1.165, 1.54) is 0 Å². The molecule has 110 valence electrons. The third-order valence-electron chi connectivity index (χ3n) is 3.45. The summed E-state index contributed by atoms with van der Waals surface area (Å²) in [7, 11) is 0. The van der Waals surface area contributed by atoms with Gasteiger partial charge in [0.1, 0.15) is 5.56 Å². The van der Waals surface area contributed by atoms with Crippen LogP contribution in [0.2, 0.25) is 0 Å². The number of benzene rings is 1. The Bertz CT molecular complexity index is 796. The number of aromatic carboxylic acids is 1. The Labute approximate surface area is 127 Å². The molecule has 0 fully saturated rings. The maximum Gasteiger partial charge on any atom is 0.339 e. The van der Waals surface area contributed by atoms with Crippen LogP contribution in [-0.2, 0) is 6.54 Å². The minimum Gasteiger partial charge on any atom is -0.478 e. The smallest absolute Gasteiger partial charge is 0.339 e. The number of hydrogen-bond acceptors (Lipinski definition) is 3. The maximum absolute atomic E-state index is 11.6. The molecule has 0 aliphatic carbocycles. The number of carboxylic acids is 1. The monoisotopic (exact) mass is 293 g/mol. The van der Waals surface area contributed by atoms with E-state index in [4.69, 9.17) is 0 Å². The molecule has 3 aromatic rings. The van der Waals surface area contributed by atoms with Gasteiger partial charge in [-0.15, -0.1) is 0 Å². The largest absolute Gasteiger partial charge is 0.478 e. The Kier molecular flexibility index (Phi) is 3.70. The second-order valence-electron chi connectivity index (χ2n) is 5.00. The lowest BCUT2D eigenvalue weighted by Gasteiger charge is -2.08. The van der Waals surface area contributed by atoms with Gasteiger partial charge in [0.05, 0.1) is 17.9 Å². The van der Waals surface area contributed by atoms with Gasteiger partial charge in [0.25, 0.3) is 0 Å². The zero-order valence-corrected chi connectivity index (χ0v) is 12.1. The van der Waals surface area contributed by atoms with Crippen LogP contribution in [0.5, 0.6) is 0 Å². The fraction of sp³-hybridized carbons (Fsp3) is 0.118. The number of carbonyl (C=O) groups is 1. The van der Waals surface area contributed by atoms with Crippen LogP contribution in [-0.4, -0.2) is 25.8 Å². The van der Waals surface area contributed by atoms with Crippen LogP contribution in [0.4, 0.5) is 0 Å². The molecule has 0 spiro atoms. The van der Waals surface area contributed by atoms with Crippen molar-refractivity contribution in [1.29, 1.82) is 0 Å². The van der Waals surface area contributed by atoms with Crippen molar-refractivity contribution in [2.75, 3.05) is 0 Å². The highest BCUT2D eigenvalue weighted by Crippen LogP contribution is 2.26. The van der Waals surface area contributed by atoms with Crippen LogP contribution in [0.25, 0.3) is 11.3 Å². The van der Waals surface area contributed by atoms with E-state index >= 15 is 0 Å². The SMILES string of the molecule is Cc1nn(Cc2ccccc2)c(-c2cccnc2)c1C(=O)O. The first kappa shape index (κ1) is 14.0. The third-order valence-corrected chi connectivity index (χ3v) is 3.45. The van der Waals surface area contributed by atoms with E-state index in [2.05, 4.69) is 10.1 Å². The highest BCUT2D eigenvalue weighted by atomic mass is 16.4. The van der Waals surface area contributed by atoms with E-state index in [0.717, 1.165) is 11.1 Å². The Hall–Kier alpha value is -2.95. The molecule has 2 heterocycles. The first-order valence-electron chi connectivity index (χ1n) is 6.92. The molecule has 0 unspecified atom stereocenters. The summed E-state index contributed by atoms with van der Waals surface area (Å²) in [5, 5.41) is 13.9. The Morgan fingerprint density at radius 2 is 1.95 bits per heavy atom. The van der Waals surface area contributed by atoms with E-state index in [1.807, 2.05) is 36.4 Å². The molecule has 22 heavy (non-hydrogen) atoms. The summed E-state index contributed by atoms with van der Waals surface area (Å²) in [6.45, 7) is 2.23. The Balaban J connectivity index is 2.14. The molecule has 1 N–H and O–H groups in total. The van der Waals surface area contributed by atoms with E-state index in [0.29, 0.717) is 17.9 Å². The van der Waals surface area contributed by atoms with E-state index in [-0.39, 0.29) is 5.56 Å². The second kappa shape index (κ2) is 5.81. The minimum atomic E-state index is -0.976. The molecule has 0 aliphatic heterocycles. The van der Waals surface area contributed by atoms with Crippen LogP contribution in [0.1, 0.15) is 21.6 Å². The van der Waals surface area contributed by atoms with E-state index in [1.54, 1.807) is 30.1 Å². The number of aryl methyl sites for hydroxylation is 1. The molecule has 0 radical (unpaired) electrons. The van der Waals surface area contributed by atoms with E-state index in [9.17, 15) is 9.90 Å². The first-order valence-corrected chi connectivity index (χ1v) is 6.92. The molecule has 5 heteroatoms. The zero-order valence-electron chi connectivity index (χ0n) is 12.1. The summed E-state index contributed by atoms with van der Waals surface area (Å²) in [6.07, 6.45) is 3.32. The molecular weight excluding hydrogens is 278 g/mol. The summed E-state index contributed by atoms with van der Waals surface area (Å²) in [4.78, 5) is 15.7. The van der Waals surface area contributed by atoms with Crippen LogP contribution in [0, 0.1) is 6.92 Å². The van der Waals surface area contributed by atoms with Gasteiger partial charge in [0.2, 0.25) is 0 Å². The lowest BCUT2D eigenvalue weighted by Crippen LogP contribution is -2.06. The molecule has 0 saturated carbocycles. The molecule has 0 saturated heterocycles. The third kappa shape index (κ3) is 2.61. The molecule has 1 aromatic carbocycles. The standard InChI is InChI=1S/C17H15N3O2/c1-12-15(17(21)22)16(14-8-5-9-18-10-14)20(19-12)11-13-6-3-2-4-7-13/h2-10H,11H2,1H3,(H,21,22). The van der Waals surface area contributed by atoms with Crippen LogP contribution < -0.4 is 0 Å². The molecule has 0 aliphatic rings. The second-order valence-corrected chi connectivity index (χ2v) is 5.00. The van der Waals surface area contributed by atoms with Gasteiger partial charge in [0.15, 0.2) is 0 Å². The van der Waals surface area contributed by atoms with Gasteiger partial charge in [-0.25, -0.2) is 4.79 Å². The molecule has 0 amide bonds. The van der Waals surface area contributed by atoms with Gasteiger partial charge in [-0.2, -0.15) is 5.10 Å². The van der Waals surface area contributed by atoms with Gasteiger partial charge >= 0.3 is 5.97 Å². The van der Waals surface area contributed by atoms with Crippen molar-refractivity contribution >= 4 is 5.97 Å². The molecule has 0 bridgehead atoms. The van der Waals surface area contributed by atoms with E-state index < -0.39 is 5.97 Å². The van der Waals surface area contributed by atoms with Crippen molar-refractivity contribution in [3.05, 3.63) is 71.7 Å². The van der Waals surface area contributed by atoms with Crippen LogP contribution in [0.15, 0.2) is 54.9 Å². The average Bonchev–Trinajstić information content (AvgIpc) is 2.85. The summed E-state index contributed by atoms with van der Waals surface area (Å²) < 4.78 is 1.73. The van der Waals surface area contributed by atoms with Crippen molar-refractivity contribution in [1.82, 2.24) is 14.8 Å². The normalized spacial score (nSPS) is 10.6. The summed E-state index contributed by atoms with van der Waals surface area (Å²) in [6, 6.07) is 13.5. The van der Waals surface area contributed by atoms with Crippen molar-refractivity contribution in [2.24, 2.45) is 0 Å². The molecular formula is C17H15N3O2. The molecule has 3 rings (SSSR count). The summed E-state index contributed by atoms with van der Waals surface area (Å²) in [5.74, 6) is -0.976. The fourth-order valence-corrected chi connectivity index (χ4v) is 2.50. The highest BCUT2D eigenvalue weighted by Gasteiger charge is 2.22. The quantitative estimate of drug-likeness (QED) is 0.803. The Morgan fingerprint density at radius 1 is 1.18 bits per heavy atom. The number of rotatable bonds is 4. The Morgan fingerprint density at radius 3 is 2.59 bits per heavy atom. The number of pyridine rings is 1. The van der Waals surface area contributed by atoms with Gasteiger partial charge in [-0.3, -0.25) is 9.67 Å². The van der Waals surface area contributed by atoms with Crippen LogP contribution in [0.3, 0.4) is 0 Å². The van der Waals surface area contributed by atoms with Crippen molar-refractivity contribution in [3.63, 3.8) is 0 Å². The lowest BCUT2D eigenvalue weighted by molar-refractivity contribution is 0.0697. The predicted molar refractivity (Wildman–Crippen MR) is 82.7 cm³/mol. The van der Waals surface area contributed by atoms with Crippen molar-refractivity contribution in [2.45, 2.75) is 13.5 Å². The van der Waals surface area contributed by atoms with Gasteiger partial charge < -0.3 is 5.11 Å². The number of carboxylic acid groups (broad SMARTS) is 1. The van der Waals surface area contributed by atoms with Gasteiger partial charge in [0, 0.05) is 18.0 Å². The molecule has 2 aromatic heterocycles. The van der Waals surface area contributed by atoms with Crippen LogP contribution >= 0.6 is 0 Å². The number of hydrogen-bond donors (Lipinski definition) is 1. The number of aromatic nitrogens is 3. The summed E-state index contributed by atoms with van der Waals surface area (Å²) >= 11 is 0. The molecule has 0 atom stereocenters. The van der Waals surface area contributed by atoms with Gasteiger partial charge in [-0.1, -0.05) is 30.3 Å². The van der Waals surface area contributed by atoms with Gasteiger partial charge in [-0.05, 0) is 24.6 Å². The fourth-order valence-electron chi connectivity index (χ4n) is 2.50. The minimum absolute atomic E-state index is 0.226. The summed E-state index contributed by atoms with van der Waals surface area (Å²) in [5.41, 5.74) is 3.12. The molecule has 5 nitrogen and oxygen atoms in total. The first-order chi connectivity index (χ1) is 10.7. The number of nitrogens with zero attached hydrogens (tertiary/aromatic N) is 3. The maximum atomic E-state index is 11.6. The predicted octanol–water partition coefficient (Wildman–Crippen LogP) is 3.00.